The Morgan fingerprint density at radius 3 is 2.43 bits per heavy atom. The molecule has 1 amide bonds. The minimum absolute atomic E-state index is 0.00548. The van der Waals surface area contributed by atoms with Gasteiger partial charge in [-0.15, -0.1) is 0 Å². The van der Waals surface area contributed by atoms with Gasteiger partial charge < -0.3 is 19.5 Å². The highest BCUT2D eigenvalue weighted by atomic mass is 16.5. The van der Waals surface area contributed by atoms with Crippen LogP contribution in [-0.2, 0) is 9.53 Å². The van der Waals surface area contributed by atoms with Crippen molar-refractivity contribution in [1.29, 1.82) is 0 Å². The number of benzene rings is 1. The first-order valence-electron chi connectivity index (χ1n) is 7.87. The van der Waals surface area contributed by atoms with E-state index in [1.165, 1.54) is 0 Å². The zero-order valence-electron chi connectivity index (χ0n) is 14.1. The zero-order chi connectivity index (χ0) is 16.7. The first-order valence-corrected chi connectivity index (χ1v) is 7.87. The van der Waals surface area contributed by atoms with Crippen LogP contribution in [0.25, 0.3) is 0 Å². The SMILES string of the molecule is COc1ccc(OCC(=O)NCC(C)(C)N2CCOCC2)cc1. The smallest absolute Gasteiger partial charge is 0.258 e. The number of morpholine rings is 1. The van der Waals surface area contributed by atoms with Gasteiger partial charge in [-0.05, 0) is 38.1 Å². The molecule has 1 aliphatic heterocycles. The Balaban J connectivity index is 1.73. The summed E-state index contributed by atoms with van der Waals surface area (Å²) in [6.45, 7) is 8.13. The van der Waals surface area contributed by atoms with Gasteiger partial charge in [0.2, 0.25) is 0 Å². The van der Waals surface area contributed by atoms with E-state index in [1.807, 2.05) is 0 Å². The van der Waals surface area contributed by atoms with E-state index >= 15 is 0 Å². The Hall–Kier alpha value is -1.79. The van der Waals surface area contributed by atoms with Crippen LogP contribution in [0.2, 0.25) is 0 Å². The molecule has 1 aromatic rings. The fourth-order valence-electron chi connectivity index (χ4n) is 2.47. The summed E-state index contributed by atoms with van der Waals surface area (Å²) in [6.07, 6.45) is 0. The lowest BCUT2D eigenvalue weighted by Gasteiger charge is -2.40. The number of rotatable bonds is 7. The summed E-state index contributed by atoms with van der Waals surface area (Å²) in [4.78, 5) is 14.3. The normalized spacial score (nSPS) is 16.0. The maximum Gasteiger partial charge on any atom is 0.258 e. The van der Waals surface area contributed by atoms with Crippen molar-refractivity contribution >= 4 is 5.91 Å². The number of carbonyl (C=O) groups excluding carboxylic acids is 1. The lowest BCUT2D eigenvalue weighted by atomic mass is 10.0. The lowest BCUT2D eigenvalue weighted by Crippen LogP contribution is -2.55. The highest BCUT2D eigenvalue weighted by Gasteiger charge is 2.28. The molecule has 128 valence electrons. The molecule has 0 bridgehead atoms. The van der Waals surface area contributed by atoms with Crippen molar-refractivity contribution in [1.82, 2.24) is 10.2 Å². The number of amides is 1. The van der Waals surface area contributed by atoms with Gasteiger partial charge in [-0.3, -0.25) is 9.69 Å². The maximum atomic E-state index is 12.0. The molecule has 1 aliphatic rings. The van der Waals surface area contributed by atoms with Crippen molar-refractivity contribution in [3.05, 3.63) is 24.3 Å². The molecule has 0 atom stereocenters. The topological polar surface area (TPSA) is 60.0 Å². The van der Waals surface area contributed by atoms with Crippen molar-refractivity contribution in [2.24, 2.45) is 0 Å². The van der Waals surface area contributed by atoms with Gasteiger partial charge in [0.25, 0.3) is 5.91 Å². The molecular formula is C17H26N2O4. The highest BCUT2D eigenvalue weighted by Crippen LogP contribution is 2.17. The van der Waals surface area contributed by atoms with Crippen LogP contribution in [0.1, 0.15) is 13.8 Å². The summed E-state index contributed by atoms with van der Waals surface area (Å²) in [5.41, 5.74) is -0.0977. The largest absolute Gasteiger partial charge is 0.497 e. The number of carbonyl (C=O) groups is 1. The molecule has 0 aliphatic carbocycles. The van der Waals surface area contributed by atoms with Gasteiger partial charge in [-0.25, -0.2) is 0 Å². The van der Waals surface area contributed by atoms with Gasteiger partial charge in [0, 0.05) is 25.2 Å². The standard InChI is InChI=1S/C17H26N2O4/c1-17(2,19-8-10-22-11-9-19)13-18-16(20)12-23-15-6-4-14(21-3)5-7-15/h4-7H,8-13H2,1-3H3,(H,18,20). The van der Waals surface area contributed by atoms with E-state index < -0.39 is 0 Å². The molecule has 0 unspecified atom stereocenters. The summed E-state index contributed by atoms with van der Waals surface area (Å²) in [5, 5.41) is 2.94. The van der Waals surface area contributed by atoms with Crippen molar-refractivity contribution in [3.63, 3.8) is 0 Å². The third-order valence-electron chi connectivity index (χ3n) is 4.01. The monoisotopic (exact) mass is 322 g/mol. The van der Waals surface area contributed by atoms with Crippen molar-refractivity contribution in [2.45, 2.75) is 19.4 Å². The Morgan fingerprint density at radius 2 is 1.83 bits per heavy atom. The molecule has 0 aromatic heterocycles. The first kappa shape index (κ1) is 17.6. The van der Waals surface area contributed by atoms with Crippen LogP contribution < -0.4 is 14.8 Å². The van der Waals surface area contributed by atoms with Gasteiger partial charge in [-0.2, -0.15) is 0 Å². The van der Waals surface area contributed by atoms with Gasteiger partial charge in [0.05, 0.1) is 20.3 Å². The second-order valence-electron chi connectivity index (χ2n) is 6.15. The van der Waals surface area contributed by atoms with Gasteiger partial charge in [-0.1, -0.05) is 0 Å². The van der Waals surface area contributed by atoms with E-state index in [9.17, 15) is 4.79 Å². The fourth-order valence-corrected chi connectivity index (χ4v) is 2.47. The average molecular weight is 322 g/mol. The van der Waals surface area contributed by atoms with Crippen molar-refractivity contribution < 1.29 is 19.0 Å². The minimum Gasteiger partial charge on any atom is -0.497 e. The Kier molecular flexibility index (Phi) is 6.24. The summed E-state index contributed by atoms with van der Waals surface area (Å²) in [5.74, 6) is 1.28. The van der Waals surface area contributed by atoms with E-state index in [2.05, 4.69) is 24.1 Å². The third kappa shape index (κ3) is 5.41. The summed E-state index contributed by atoms with van der Waals surface area (Å²) in [6, 6.07) is 7.16. The van der Waals surface area contributed by atoms with Crippen LogP contribution in [-0.4, -0.2) is 62.9 Å². The van der Waals surface area contributed by atoms with E-state index in [1.54, 1.807) is 31.4 Å². The quantitative estimate of drug-likeness (QED) is 0.820. The summed E-state index contributed by atoms with van der Waals surface area (Å²) < 4.78 is 15.9. The number of hydrogen-bond acceptors (Lipinski definition) is 5. The molecule has 6 nitrogen and oxygen atoms in total. The molecule has 0 radical (unpaired) electrons. The number of nitrogens with one attached hydrogen (secondary N) is 1. The second-order valence-corrected chi connectivity index (χ2v) is 6.15. The third-order valence-corrected chi connectivity index (χ3v) is 4.01. The summed E-state index contributed by atoms with van der Waals surface area (Å²) >= 11 is 0. The first-order chi connectivity index (χ1) is 11.0. The van der Waals surface area contributed by atoms with Crippen LogP contribution in [0.5, 0.6) is 11.5 Å². The van der Waals surface area contributed by atoms with Crippen LogP contribution in [0.15, 0.2) is 24.3 Å². The van der Waals surface area contributed by atoms with Crippen molar-refractivity contribution in [2.75, 3.05) is 46.6 Å². The summed E-state index contributed by atoms with van der Waals surface area (Å²) in [7, 11) is 1.61. The molecule has 1 N–H and O–H groups in total. The molecule has 2 rings (SSSR count). The average Bonchev–Trinajstić information content (AvgIpc) is 2.59. The van der Waals surface area contributed by atoms with Crippen LogP contribution >= 0.6 is 0 Å². The minimum atomic E-state index is -0.123. The molecular weight excluding hydrogens is 296 g/mol. The van der Waals surface area contributed by atoms with Crippen LogP contribution in [0.3, 0.4) is 0 Å². The Morgan fingerprint density at radius 1 is 1.22 bits per heavy atom. The van der Waals surface area contributed by atoms with E-state index in [-0.39, 0.29) is 18.1 Å². The fraction of sp³-hybridized carbons (Fsp3) is 0.588. The van der Waals surface area contributed by atoms with Crippen LogP contribution in [0.4, 0.5) is 0 Å². The Labute approximate surface area is 137 Å². The Bertz CT molecular complexity index is 496. The van der Waals surface area contributed by atoms with Gasteiger partial charge in [0.1, 0.15) is 11.5 Å². The molecule has 0 spiro atoms. The number of nitrogens with zero attached hydrogens (tertiary/aromatic N) is 1. The van der Waals surface area contributed by atoms with E-state index in [0.29, 0.717) is 12.3 Å². The maximum absolute atomic E-state index is 12.0. The highest BCUT2D eigenvalue weighted by molar-refractivity contribution is 5.77. The van der Waals surface area contributed by atoms with E-state index in [4.69, 9.17) is 14.2 Å². The predicted molar refractivity (Wildman–Crippen MR) is 88.0 cm³/mol. The van der Waals surface area contributed by atoms with Crippen molar-refractivity contribution in [3.8, 4) is 11.5 Å². The van der Waals surface area contributed by atoms with Crippen LogP contribution in [0, 0.1) is 0 Å². The van der Waals surface area contributed by atoms with Gasteiger partial charge in [0.15, 0.2) is 6.61 Å². The number of ether oxygens (including phenoxy) is 3. The molecule has 23 heavy (non-hydrogen) atoms. The van der Waals surface area contributed by atoms with Gasteiger partial charge >= 0.3 is 0 Å². The molecule has 6 heteroatoms. The number of hydrogen-bond donors (Lipinski definition) is 1. The lowest BCUT2D eigenvalue weighted by molar-refractivity contribution is -0.123. The molecule has 1 aromatic carbocycles. The molecule has 1 heterocycles. The predicted octanol–water partition coefficient (Wildman–Crippen LogP) is 1.30. The second kappa shape index (κ2) is 8.17. The zero-order valence-corrected chi connectivity index (χ0v) is 14.1. The molecule has 1 fully saturated rings. The number of methoxy groups -OCH3 is 1. The molecule has 1 saturated heterocycles. The van der Waals surface area contributed by atoms with E-state index in [0.717, 1.165) is 32.1 Å². The molecule has 0 saturated carbocycles.